The largest absolute Gasteiger partial charge is 0.342 e. The van der Waals surface area contributed by atoms with Gasteiger partial charge in [0.2, 0.25) is 0 Å². The number of thioether (sulfide) groups is 1. The third-order valence-electron chi connectivity index (χ3n) is 4.70. The summed E-state index contributed by atoms with van der Waals surface area (Å²) >= 11 is 1.69. The van der Waals surface area contributed by atoms with Crippen molar-refractivity contribution in [1.29, 1.82) is 0 Å². The Morgan fingerprint density at radius 1 is 1.07 bits per heavy atom. The number of nitrogens with one attached hydrogen (secondary N) is 1. The number of halogens is 2. The molecule has 29 heavy (non-hydrogen) atoms. The monoisotopic (exact) mass is 410 g/mol. The minimum atomic E-state index is -0.476. The number of aromatic nitrogens is 3. The van der Waals surface area contributed by atoms with Crippen LogP contribution in [0.15, 0.2) is 59.6 Å². The normalized spacial score (nSPS) is 11.2. The number of H-pyrrole nitrogens is 1. The molecule has 4 aromatic rings. The van der Waals surface area contributed by atoms with Crippen molar-refractivity contribution in [3.63, 3.8) is 0 Å². The summed E-state index contributed by atoms with van der Waals surface area (Å²) in [6, 6.07) is 13.1. The molecular formula is C22H20F2N4S. The summed E-state index contributed by atoms with van der Waals surface area (Å²) in [5.41, 5.74) is 3.67. The summed E-state index contributed by atoms with van der Waals surface area (Å²) in [4.78, 5) is 15.1. The smallest absolute Gasteiger partial charge is 0.147 e. The molecule has 0 saturated heterocycles. The van der Waals surface area contributed by atoms with E-state index in [9.17, 15) is 8.78 Å². The molecule has 0 unspecified atom stereocenters. The molecule has 7 heteroatoms. The standard InChI is InChI=1S/C22H20F2N4S/c1-3-15-11-17(8-9-25-15)29-13-22-26-19-7-5-16(12-20(19)27-22)28(2)21-10-14(23)4-6-18(21)24/h4-12H,3,13H2,1-2H3,(H,26,27). The Bertz CT molecular complexity index is 1160. The molecule has 0 radical (unpaired) electrons. The zero-order valence-corrected chi connectivity index (χ0v) is 16.9. The van der Waals surface area contributed by atoms with Crippen molar-refractivity contribution in [1.82, 2.24) is 15.0 Å². The highest BCUT2D eigenvalue weighted by Gasteiger charge is 2.13. The minimum Gasteiger partial charge on any atom is -0.342 e. The molecule has 0 fully saturated rings. The zero-order valence-electron chi connectivity index (χ0n) is 16.1. The number of rotatable bonds is 6. The molecule has 0 aliphatic rings. The maximum absolute atomic E-state index is 14.1. The SMILES string of the molecule is CCc1cc(SCc2nc3cc(N(C)c4cc(F)ccc4F)ccc3[nH]2)ccn1. The van der Waals surface area contributed by atoms with Crippen LogP contribution in [0.25, 0.3) is 11.0 Å². The number of pyridine rings is 1. The second-order valence-corrected chi connectivity index (χ2v) is 7.71. The van der Waals surface area contributed by atoms with Crippen molar-refractivity contribution in [3.8, 4) is 0 Å². The molecule has 0 bridgehead atoms. The van der Waals surface area contributed by atoms with Gasteiger partial charge in [-0.1, -0.05) is 6.92 Å². The van der Waals surface area contributed by atoms with Gasteiger partial charge < -0.3 is 9.88 Å². The third-order valence-corrected chi connectivity index (χ3v) is 5.70. The van der Waals surface area contributed by atoms with Gasteiger partial charge in [0.25, 0.3) is 0 Å². The van der Waals surface area contributed by atoms with E-state index in [2.05, 4.69) is 27.9 Å². The Labute approximate surface area is 172 Å². The van der Waals surface area contributed by atoms with Crippen LogP contribution in [-0.2, 0) is 12.2 Å². The average molecular weight is 410 g/mol. The highest BCUT2D eigenvalue weighted by Crippen LogP contribution is 2.30. The Hall–Kier alpha value is -2.93. The van der Waals surface area contributed by atoms with Gasteiger partial charge in [0.1, 0.15) is 17.5 Å². The van der Waals surface area contributed by atoms with Gasteiger partial charge in [-0.2, -0.15) is 0 Å². The highest BCUT2D eigenvalue weighted by molar-refractivity contribution is 7.98. The van der Waals surface area contributed by atoms with Crippen molar-refractivity contribution in [2.45, 2.75) is 24.0 Å². The molecule has 0 spiro atoms. The molecule has 148 valence electrons. The Morgan fingerprint density at radius 2 is 1.93 bits per heavy atom. The first kappa shape index (κ1) is 19.4. The van der Waals surface area contributed by atoms with Gasteiger partial charge in [-0.25, -0.2) is 13.8 Å². The van der Waals surface area contributed by atoms with E-state index >= 15 is 0 Å². The van der Waals surface area contributed by atoms with Crippen LogP contribution in [0.1, 0.15) is 18.4 Å². The van der Waals surface area contributed by atoms with Gasteiger partial charge in [-0.15, -0.1) is 11.8 Å². The van der Waals surface area contributed by atoms with Crippen molar-refractivity contribution in [2.75, 3.05) is 11.9 Å². The molecule has 0 aliphatic carbocycles. The van der Waals surface area contributed by atoms with E-state index in [4.69, 9.17) is 0 Å². The van der Waals surface area contributed by atoms with E-state index < -0.39 is 11.6 Å². The Morgan fingerprint density at radius 3 is 2.76 bits per heavy atom. The average Bonchev–Trinajstić information content (AvgIpc) is 3.15. The van der Waals surface area contributed by atoms with Crippen molar-refractivity contribution >= 4 is 34.2 Å². The summed E-state index contributed by atoms with van der Waals surface area (Å²) in [7, 11) is 1.71. The van der Waals surface area contributed by atoms with Crippen LogP contribution in [0, 0.1) is 11.6 Å². The summed E-state index contributed by atoms with van der Waals surface area (Å²) in [5, 5.41) is 0. The minimum absolute atomic E-state index is 0.181. The van der Waals surface area contributed by atoms with Gasteiger partial charge in [0.05, 0.1) is 22.5 Å². The number of benzene rings is 2. The zero-order chi connectivity index (χ0) is 20.4. The second-order valence-electron chi connectivity index (χ2n) is 6.66. The number of nitrogens with zero attached hydrogens (tertiary/aromatic N) is 3. The van der Waals surface area contributed by atoms with Gasteiger partial charge >= 0.3 is 0 Å². The quantitative estimate of drug-likeness (QED) is 0.405. The predicted octanol–water partition coefficient (Wildman–Crippen LogP) is 5.86. The van der Waals surface area contributed by atoms with Gasteiger partial charge in [0.15, 0.2) is 0 Å². The maximum atomic E-state index is 14.1. The van der Waals surface area contributed by atoms with Crippen LogP contribution in [0.2, 0.25) is 0 Å². The number of fused-ring (bicyclic) bond motifs is 1. The van der Waals surface area contributed by atoms with Crippen LogP contribution < -0.4 is 4.90 Å². The number of aromatic amines is 1. The lowest BCUT2D eigenvalue weighted by Crippen LogP contribution is -2.11. The molecular weight excluding hydrogens is 390 g/mol. The van der Waals surface area contributed by atoms with E-state index in [1.54, 1.807) is 23.7 Å². The van der Waals surface area contributed by atoms with Gasteiger partial charge in [-0.05, 0) is 48.9 Å². The molecule has 2 aromatic heterocycles. The molecule has 4 nitrogen and oxygen atoms in total. The lowest BCUT2D eigenvalue weighted by molar-refractivity contribution is 0.600. The number of imidazole rings is 1. The summed E-state index contributed by atoms with van der Waals surface area (Å²) in [5.74, 6) is 0.607. The van der Waals surface area contributed by atoms with Crippen LogP contribution in [0.4, 0.5) is 20.2 Å². The molecule has 1 N–H and O–H groups in total. The van der Waals surface area contributed by atoms with E-state index in [-0.39, 0.29) is 5.69 Å². The molecule has 2 aromatic carbocycles. The van der Waals surface area contributed by atoms with Crippen molar-refractivity contribution < 1.29 is 8.78 Å². The highest BCUT2D eigenvalue weighted by atomic mass is 32.2. The molecule has 2 heterocycles. The van der Waals surface area contributed by atoms with Gasteiger partial charge in [-0.3, -0.25) is 4.98 Å². The molecule has 0 aliphatic heterocycles. The van der Waals surface area contributed by atoms with Crippen LogP contribution in [0.3, 0.4) is 0 Å². The fourth-order valence-corrected chi connectivity index (χ4v) is 3.91. The van der Waals surface area contributed by atoms with Crippen molar-refractivity contribution in [2.24, 2.45) is 0 Å². The lowest BCUT2D eigenvalue weighted by Gasteiger charge is -2.20. The molecule has 0 atom stereocenters. The summed E-state index contributed by atoms with van der Waals surface area (Å²) < 4.78 is 27.6. The number of hydrogen-bond acceptors (Lipinski definition) is 4. The van der Waals surface area contributed by atoms with Gasteiger partial charge in [0, 0.05) is 35.6 Å². The molecule has 4 rings (SSSR count). The first-order chi connectivity index (χ1) is 14.0. The summed E-state index contributed by atoms with van der Waals surface area (Å²) in [6.45, 7) is 2.08. The molecule has 0 amide bonds. The predicted molar refractivity (Wildman–Crippen MR) is 114 cm³/mol. The maximum Gasteiger partial charge on any atom is 0.147 e. The molecule has 0 saturated carbocycles. The van der Waals surface area contributed by atoms with Crippen LogP contribution in [0.5, 0.6) is 0 Å². The topological polar surface area (TPSA) is 44.8 Å². The number of hydrogen-bond donors (Lipinski definition) is 1. The number of anilines is 2. The van der Waals surface area contributed by atoms with Crippen LogP contribution >= 0.6 is 11.8 Å². The fourth-order valence-electron chi connectivity index (χ4n) is 3.10. The second kappa shape index (κ2) is 8.21. The van der Waals surface area contributed by atoms with E-state index in [1.165, 1.54) is 6.07 Å². The Kier molecular flexibility index (Phi) is 5.49. The van der Waals surface area contributed by atoms with Crippen LogP contribution in [-0.4, -0.2) is 22.0 Å². The lowest BCUT2D eigenvalue weighted by atomic mass is 10.2. The van der Waals surface area contributed by atoms with E-state index in [0.717, 1.165) is 51.7 Å². The third kappa shape index (κ3) is 4.24. The number of aryl methyl sites for hydroxylation is 1. The first-order valence-electron chi connectivity index (χ1n) is 9.28. The van der Waals surface area contributed by atoms with E-state index in [1.807, 2.05) is 30.5 Å². The fraction of sp³-hybridized carbons (Fsp3) is 0.182. The summed E-state index contributed by atoms with van der Waals surface area (Å²) in [6.07, 6.45) is 2.73. The van der Waals surface area contributed by atoms with E-state index in [0.29, 0.717) is 5.75 Å². The van der Waals surface area contributed by atoms with Crippen molar-refractivity contribution in [3.05, 3.63) is 77.9 Å². The Balaban J connectivity index is 1.55. The first-order valence-corrected chi connectivity index (χ1v) is 10.3.